The maximum atomic E-state index is 14.0. The number of rotatable bonds is 7. The van der Waals surface area contributed by atoms with E-state index >= 15 is 0 Å². The summed E-state index contributed by atoms with van der Waals surface area (Å²) in [5.41, 5.74) is 1.37. The maximum absolute atomic E-state index is 14.0. The second-order valence-corrected chi connectivity index (χ2v) is 10.2. The fourth-order valence-electron chi connectivity index (χ4n) is 3.87. The fraction of sp³-hybridized carbons (Fsp3) is 0.364. The smallest absolute Gasteiger partial charge is 0.236 e. The number of nitrogens with zero attached hydrogens (tertiary/aromatic N) is 5. The van der Waals surface area contributed by atoms with Gasteiger partial charge in [0, 0.05) is 38.9 Å². The number of anilines is 2. The first-order chi connectivity index (χ1) is 15.5. The molecule has 8 nitrogen and oxygen atoms in total. The van der Waals surface area contributed by atoms with Crippen LogP contribution in [0.4, 0.5) is 16.0 Å². The van der Waals surface area contributed by atoms with Crippen molar-refractivity contribution in [2.75, 3.05) is 35.8 Å². The van der Waals surface area contributed by atoms with Crippen LogP contribution in [0.3, 0.4) is 0 Å². The molecule has 3 heterocycles. The van der Waals surface area contributed by atoms with Gasteiger partial charge in [-0.25, -0.2) is 22.8 Å². The summed E-state index contributed by atoms with van der Waals surface area (Å²) in [5.74, 6) is 0.860. The van der Waals surface area contributed by atoms with Gasteiger partial charge in [-0.1, -0.05) is 18.2 Å². The van der Waals surface area contributed by atoms with E-state index in [4.69, 9.17) is 0 Å². The molecule has 1 aliphatic carbocycles. The van der Waals surface area contributed by atoms with Gasteiger partial charge in [0.05, 0.1) is 23.0 Å². The Labute approximate surface area is 186 Å². The summed E-state index contributed by atoms with van der Waals surface area (Å²) in [6, 6.07) is 12.1. The number of piperazine rings is 1. The van der Waals surface area contributed by atoms with Gasteiger partial charge in [-0.3, -0.25) is 9.62 Å². The topological polar surface area (TPSA) is 83.4 Å². The van der Waals surface area contributed by atoms with Crippen LogP contribution >= 0.6 is 0 Å². The Bertz CT molecular complexity index is 1200. The molecule has 1 saturated heterocycles. The van der Waals surface area contributed by atoms with Crippen molar-refractivity contribution >= 4 is 21.7 Å². The van der Waals surface area contributed by atoms with E-state index in [1.165, 1.54) is 6.07 Å². The third-order valence-electron chi connectivity index (χ3n) is 5.79. The molecular formula is C22H25FN6O2S. The summed E-state index contributed by atoms with van der Waals surface area (Å²) in [6.07, 6.45) is 4.94. The molecule has 10 heteroatoms. The van der Waals surface area contributed by atoms with Crippen LogP contribution in [-0.4, -0.2) is 59.3 Å². The van der Waals surface area contributed by atoms with Crippen LogP contribution in [0.1, 0.15) is 18.5 Å². The summed E-state index contributed by atoms with van der Waals surface area (Å²) in [4.78, 5) is 13.4. The van der Waals surface area contributed by atoms with E-state index in [1.54, 1.807) is 35.2 Å². The molecule has 5 rings (SSSR count). The molecule has 2 aliphatic rings. The number of aromatic nitrogens is 3. The monoisotopic (exact) mass is 456 g/mol. The van der Waals surface area contributed by atoms with Crippen molar-refractivity contribution in [3.05, 3.63) is 66.5 Å². The highest BCUT2D eigenvalue weighted by Gasteiger charge is 2.36. The van der Waals surface area contributed by atoms with Gasteiger partial charge in [-0.15, -0.1) is 0 Å². The van der Waals surface area contributed by atoms with Crippen LogP contribution in [0.5, 0.6) is 0 Å². The predicted octanol–water partition coefficient (Wildman–Crippen LogP) is 2.63. The number of hydrogen-bond donors (Lipinski definition) is 1. The Hall–Kier alpha value is -2.98. The molecule has 2 aromatic heterocycles. The summed E-state index contributed by atoms with van der Waals surface area (Å²) in [7, 11) is -3.32. The minimum Gasteiger partial charge on any atom is -0.354 e. The van der Waals surface area contributed by atoms with E-state index < -0.39 is 10.0 Å². The fourth-order valence-corrected chi connectivity index (χ4v) is 5.19. The van der Waals surface area contributed by atoms with Gasteiger partial charge in [-0.2, -0.15) is 0 Å². The highest BCUT2D eigenvalue weighted by atomic mass is 32.2. The third-order valence-corrected chi connectivity index (χ3v) is 7.64. The van der Waals surface area contributed by atoms with Crippen molar-refractivity contribution in [1.82, 2.24) is 19.4 Å². The van der Waals surface area contributed by atoms with E-state index in [9.17, 15) is 12.8 Å². The lowest BCUT2D eigenvalue weighted by Gasteiger charge is -2.35. The maximum Gasteiger partial charge on any atom is 0.236 e. The molecule has 3 aromatic rings. The molecule has 0 spiro atoms. The van der Waals surface area contributed by atoms with Gasteiger partial charge >= 0.3 is 0 Å². The summed E-state index contributed by atoms with van der Waals surface area (Å²) in [6.45, 7) is 3.89. The molecule has 0 radical (unpaired) electrons. The number of para-hydroxylation sites is 1. The Balaban J connectivity index is 1.18. The molecule has 168 valence electrons. The number of hydrogen-bond acceptors (Lipinski definition) is 6. The zero-order valence-electron chi connectivity index (χ0n) is 17.6. The first kappa shape index (κ1) is 20.9. The van der Waals surface area contributed by atoms with Crippen LogP contribution in [0, 0.1) is 5.82 Å². The SMILES string of the molecule is O=S(=O)(Nc1cccc(N2CCN(Cc3cn(-c4ccccc4F)cn3)CC2)n1)C1CC1. The minimum atomic E-state index is -3.32. The van der Waals surface area contributed by atoms with Crippen molar-refractivity contribution in [2.24, 2.45) is 0 Å². The molecule has 1 saturated carbocycles. The Morgan fingerprint density at radius 2 is 1.81 bits per heavy atom. The first-order valence-electron chi connectivity index (χ1n) is 10.7. The third kappa shape index (κ3) is 4.61. The molecular weight excluding hydrogens is 431 g/mol. The van der Waals surface area contributed by atoms with Crippen LogP contribution in [0.2, 0.25) is 0 Å². The molecule has 0 unspecified atom stereocenters. The summed E-state index contributed by atoms with van der Waals surface area (Å²) in [5, 5.41) is -0.279. The summed E-state index contributed by atoms with van der Waals surface area (Å²) >= 11 is 0. The zero-order valence-corrected chi connectivity index (χ0v) is 18.4. The second kappa shape index (κ2) is 8.51. The molecule has 0 amide bonds. The summed E-state index contributed by atoms with van der Waals surface area (Å²) < 4.78 is 42.7. The van der Waals surface area contributed by atoms with Crippen LogP contribution < -0.4 is 9.62 Å². The van der Waals surface area contributed by atoms with Crippen molar-refractivity contribution in [2.45, 2.75) is 24.6 Å². The quantitative estimate of drug-likeness (QED) is 0.589. The average Bonchev–Trinajstić information content (AvgIpc) is 3.56. The van der Waals surface area contributed by atoms with Gasteiger partial charge < -0.3 is 9.47 Å². The van der Waals surface area contributed by atoms with Gasteiger partial charge in [0.25, 0.3) is 0 Å². The number of sulfonamides is 1. The Morgan fingerprint density at radius 1 is 1.03 bits per heavy atom. The van der Waals surface area contributed by atoms with E-state index in [2.05, 4.69) is 24.5 Å². The van der Waals surface area contributed by atoms with Gasteiger partial charge in [-0.05, 0) is 37.1 Å². The number of benzene rings is 1. The predicted molar refractivity (Wildman–Crippen MR) is 121 cm³/mol. The first-order valence-corrected chi connectivity index (χ1v) is 12.3. The molecule has 1 N–H and O–H groups in total. The molecule has 32 heavy (non-hydrogen) atoms. The van der Waals surface area contributed by atoms with E-state index in [-0.39, 0.29) is 11.1 Å². The van der Waals surface area contributed by atoms with E-state index in [1.807, 2.05) is 18.3 Å². The van der Waals surface area contributed by atoms with Gasteiger partial charge in [0.2, 0.25) is 10.0 Å². The normalized spacial score (nSPS) is 17.5. The molecule has 0 bridgehead atoms. The van der Waals surface area contributed by atoms with Crippen molar-refractivity contribution < 1.29 is 12.8 Å². The highest BCUT2D eigenvalue weighted by molar-refractivity contribution is 7.93. The average molecular weight is 457 g/mol. The van der Waals surface area contributed by atoms with Crippen LogP contribution in [-0.2, 0) is 16.6 Å². The Morgan fingerprint density at radius 3 is 2.56 bits per heavy atom. The highest BCUT2D eigenvalue weighted by Crippen LogP contribution is 2.29. The largest absolute Gasteiger partial charge is 0.354 e. The van der Waals surface area contributed by atoms with E-state index in [0.29, 0.717) is 18.1 Å². The molecule has 0 atom stereocenters. The number of halogens is 1. The number of nitrogens with one attached hydrogen (secondary N) is 1. The molecule has 2 fully saturated rings. The lowest BCUT2D eigenvalue weighted by molar-refractivity contribution is 0.247. The van der Waals surface area contributed by atoms with Crippen molar-refractivity contribution in [3.8, 4) is 5.69 Å². The van der Waals surface area contributed by atoms with Crippen molar-refractivity contribution in [3.63, 3.8) is 0 Å². The van der Waals surface area contributed by atoms with E-state index in [0.717, 1.165) is 50.5 Å². The number of pyridine rings is 1. The van der Waals surface area contributed by atoms with Crippen LogP contribution in [0.15, 0.2) is 55.0 Å². The molecule has 1 aliphatic heterocycles. The second-order valence-electron chi connectivity index (χ2n) is 8.21. The standard InChI is InChI=1S/C22H25FN6O2S/c23-19-4-1-2-5-20(19)29-15-17(24-16-29)14-27-10-12-28(13-11-27)22-7-3-6-21(25-22)26-32(30,31)18-8-9-18/h1-7,15-16,18H,8-14H2,(H,25,26). The lowest BCUT2D eigenvalue weighted by Crippen LogP contribution is -2.46. The van der Waals surface area contributed by atoms with Crippen LogP contribution in [0.25, 0.3) is 5.69 Å². The Kier molecular flexibility index (Phi) is 5.56. The minimum absolute atomic E-state index is 0.279. The molecule has 1 aromatic carbocycles. The lowest BCUT2D eigenvalue weighted by atomic mass is 10.3. The number of imidazole rings is 1. The van der Waals surface area contributed by atoms with Gasteiger partial charge in [0.1, 0.15) is 17.5 Å². The zero-order chi connectivity index (χ0) is 22.1. The van der Waals surface area contributed by atoms with Crippen molar-refractivity contribution in [1.29, 1.82) is 0 Å². The van der Waals surface area contributed by atoms with Gasteiger partial charge in [0.15, 0.2) is 0 Å².